The lowest BCUT2D eigenvalue weighted by Crippen LogP contribution is -2.32. The van der Waals surface area contributed by atoms with Crippen molar-refractivity contribution in [3.8, 4) is 39.4 Å². The SMILES string of the molecule is COc1ccccc1CCC(=O)N1CCC[C@H]1c1ncc(-c2ccc(-c3ccc(-c4cnc([C@@H]5CCCN5C(=O)Cc5ccccc5)[nH]4)cc3)cc2)[nH]1. The van der Waals surface area contributed by atoms with Gasteiger partial charge in [0.1, 0.15) is 17.4 Å². The van der Waals surface area contributed by atoms with E-state index in [9.17, 15) is 9.59 Å². The molecular weight excluding hydrogens is 661 g/mol. The predicted octanol–water partition coefficient (Wildman–Crippen LogP) is 8.34. The van der Waals surface area contributed by atoms with Gasteiger partial charge in [-0.25, -0.2) is 9.97 Å². The molecule has 0 aliphatic carbocycles. The summed E-state index contributed by atoms with van der Waals surface area (Å²) < 4.78 is 5.48. The summed E-state index contributed by atoms with van der Waals surface area (Å²) in [6.45, 7) is 1.50. The Morgan fingerprint density at radius 1 is 0.660 bits per heavy atom. The van der Waals surface area contributed by atoms with E-state index in [1.807, 2.05) is 76.8 Å². The Morgan fingerprint density at radius 2 is 1.17 bits per heavy atom. The van der Waals surface area contributed by atoms with E-state index >= 15 is 0 Å². The zero-order valence-electron chi connectivity index (χ0n) is 30.0. The molecule has 0 unspecified atom stereocenters. The van der Waals surface area contributed by atoms with Crippen LogP contribution >= 0.6 is 0 Å². The van der Waals surface area contributed by atoms with Crippen LogP contribution in [-0.2, 0) is 22.4 Å². The third-order valence-corrected chi connectivity index (χ3v) is 10.7. The van der Waals surface area contributed by atoms with Crippen molar-refractivity contribution < 1.29 is 14.3 Å². The number of hydrogen-bond donors (Lipinski definition) is 2. The van der Waals surface area contributed by atoms with Crippen LogP contribution in [0.3, 0.4) is 0 Å². The van der Waals surface area contributed by atoms with Gasteiger partial charge in [0.25, 0.3) is 0 Å². The number of carbonyl (C=O) groups is 2. The number of imidazole rings is 2. The summed E-state index contributed by atoms with van der Waals surface area (Å²) in [4.78, 5) is 46.9. The molecule has 4 aromatic carbocycles. The fourth-order valence-corrected chi connectivity index (χ4v) is 7.86. The van der Waals surface area contributed by atoms with Crippen molar-refractivity contribution >= 4 is 11.8 Å². The molecule has 0 spiro atoms. The van der Waals surface area contributed by atoms with E-state index in [1.54, 1.807) is 7.11 Å². The second kappa shape index (κ2) is 15.3. The number of likely N-dealkylation sites (tertiary alicyclic amines) is 2. The number of ether oxygens (including phenoxy) is 1. The number of nitrogens with zero attached hydrogens (tertiary/aromatic N) is 4. The lowest BCUT2D eigenvalue weighted by atomic mass is 10.0. The number of rotatable bonds is 11. The summed E-state index contributed by atoms with van der Waals surface area (Å²) in [7, 11) is 1.66. The van der Waals surface area contributed by atoms with Crippen LogP contribution in [0, 0.1) is 0 Å². The Hall–Kier alpha value is -5.96. The van der Waals surface area contributed by atoms with Gasteiger partial charge >= 0.3 is 0 Å². The van der Waals surface area contributed by atoms with Crippen LogP contribution in [0.5, 0.6) is 5.75 Å². The van der Waals surface area contributed by atoms with Crippen LogP contribution in [0.2, 0.25) is 0 Å². The predicted molar refractivity (Wildman–Crippen MR) is 206 cm³/mol. The molecular formula is C44H44N6O3. The van der Waals surface area contributed by atoms with E-state index in [4.69, 9.17) is 14.7 Å². The lowest BCUT2D eigenvalue weighted by Gasteiger charge is -2.23. The number of hydrogen-bond acceptors (Lipinski definition) is 5. The Labute approximate surface area is 310 Å². The molecule has 6 aromatic rings. The third-order valence-electron chi connectivity index (χ3n) is 10.7. The van der Waals surface area contributed by atoms with Crippen molar-refractivity contribution in [2.24, 2.45) is 0 Å². The number of nitrogens with one attached hydrogen (secondary N) is 2. The van der Waals surface area contributed by atoms with Gasteiger partial charge in [0.05, 0.1) is 49.4 Å². The van der Waals surface area contributed by atoms with Gasteiger partial charge in [0.15, 0.2) is 0 Å². The summed E-state index contributed by atoms with van der Waals surface area (Å²) in [5.41, 5.74) is 8.29. The molecule has 0 bridgehead atoms. The molecule has 9 nitrogen and oxygen atoms in total. The zero-order chi connectivity index (χ0) is 36.1. The first-order chi connectivity index (χ1) is 26.0. The first-order valence-corrected chi connectivity index (χ1v) is 18.6. The monoisotopic (exact) mass is 704 g/mol. The maximum Gasteiger partial charge on any atom is 0.227 e. The molecule has 9 heteroatoms. The van der Waals surface area contributed by atoms with E-state index in [-0.39, 0.29) is 23.9 Å². The van der Waals surface area contributed by atoms with Crippen molar-refractivity contribution in [3.05, 3.63) is 138 Å². The number of para-hydroxylation sites is 1. The highest BCUT2D eigenvalue weighted by atomic mass is 16.5. The maximum absolute atomic E-state index is 13.3. The number of carbonyl (C=O) groups excluding carboxylic acids is 2. The average Bonchev–Trinajstić information content (AvgIpc) is 4.04. The first-order valence-electron chi connectivity index (χ1n) is 18.6. The molecule has 2 N–H and O–H groups in total. The molecule has 0 saturated carbocycles. The highest BCUT2D eigenvalue weighted by Gasteiger charge is 2.33. The Morgan fingerprint density at radius 3 is 1.74 bits per heavy atom. The van der Waals surface area contributed by atoms with Crippen molar-refractivity contribution in [2.45, 2.75) is 57.0 Å². The molecule has 53 heavy (non-hydrogen) atoms. The summed E-state index contributed by atoms with van der Waals surface area (Å²) in [5, 5.41) is 0. The van der Waals surface area contributed by atoms with E-state index in [2.05, 4.69) is 58.5 Å². The fraction of sp³-hybridized carbons (Fsp3) is 0.273. The van der Waals surface area contributed by atoms with E-state index < -0.39 is 0 Å². The minimum Gasteiger partial charge on any atom is -0.496 e. The fourth-order valence-electron chi connectivity index (χ4n) is 7.86. The van der Waals surface area contributed by atoms with Crippen LogP contribution in [-0.4, -0.2) is 61.7 Å². The van der Waals surface area contributed by atoms with Crippen LogP contribution in [0.4, 0.5) is 0 Å². The van der Waals surface area contributed by atoms with Gasteiger partial charge in [-0.2, -0.15) is 0 Å². The number of aromatic nitrogens is 4. The number of aryl methyl sites for hydroxylation is 1. The number of amides is 2. The largest absolute Gasteiger partial charge is 0.496 e. The molecule has 4 heterocycles. The Bertz CT molecular complexity index is 2170. The maximum atomic E-state index is 13.3. The van der Waals surface area contributed by atoms with Crippen LogP contribution in [0.1, 0.15) is 67.0 Å². The summed E-state index contributed by atoms with van der Waals surface area (Å²) in [6.07, 6.45) is 8.98. The van der Waals surface area contributed by atoms with E-state index in [1.165, 1.54) is 0 Å². The second-order valence-electron chi connectivity index (χ2n) is 14.0. The molecule has 2 aliphatic rings. The van der Waals surface area contributed by atoms with Crippen LogP contribution < -0.4 is 4.74 Å². The van der Waals surface area contributed by atoms with Gasteiger partial charge in [0.2, 0.25) is 11.8 Å². The molecule has 2 aliphatic heterocycles. The molecule has 8 rings (SSSR count). The molecule has 2 atom stereocenters. The molecule has 2 aromatic heterocycles. The standard InChI is InChI=1S/C44H44N6O3/c1-53-40-14-6-5-11-35(40)23-24-41(51)49-25-7-12-38(49)43-45-28-36(47-43)33-19-15-31(16-20-33)32-17-21-34(22-18-32)37-29-46-44(48-37)39-13-8-26-50(39)42(52)27-30-9-3-2-4-10-30/h2-6,9-11,14-22,28-29,38-39H,7-8,12-13,23-27H2,1H3,(H,45,47)(H,46,48)/t38-,39-/m0/s1. The van der Waals surface area contributed by atoms with Gasteiger partial charge in [0, 0.05) is 19.5 Å². The van der Waals surface area contributed by atoms with Crippen molar-refractivity contribution in [2.75, 3.05) is 20.2 Å². The quantitative estimate of drug-likeness (QED) is 0.141. The van der Waals surface area contributed by atoms with Gasteiger partial charge in [-0.15, -0.1) is 0 Å². The van der Waals surface area contributed by atoms with E-state index in [0.29, 0.717) is 19.3 Å². The minimum absolute atomic E-state index is 0.0294. The van der Waals surface area contributed by atoms with Gasteiger partial charge in [-0.05, 0) is 71.6 Å². The van der Waals surface area contributed by atoms with Crippen molar-refractivity contribution in [1.82, 2.24) is 29.7 Å². The molecule has 2 amide bonds. The summed E-state index contributed by atoms with van der Waals surface area (Å²) in [5.74, 6) is 2.79. The third kappa shape index (κ3) is 7.37. The van der Waals surface area contributed by atoms with Crippen molar-refractivity contribution in [3.63, 3.8) is 0 Å². The molecule has 2 saturated heterocycles. The number of H-pyrrole nitrogens is 2. The molecule has 268 valence electrons. The van der Waals surface area contributed by atoms with Crippen LogP contribution in [0.25, 0.3) is 33.6 Å². The number of benzene rings is 4. The number of aromatic amines is 2. The van der Waals surface area contributed by atoms with Gasteiger partial charge < -0.3 is 24.5 Å². The first kappa shape index (κ1) is 34.1. The molecule has 2 fully saturated rings. The Balaban J connectivity index is 0.892. The summed E-state index contributed by atoms with van der Waals surface area (Å²) >= 11 is 0. The lowest BCUT2D eigenvalue weighted by molar-refractivity contribution is -0.132. The van der Waals surface area contributed by atoms with E-state index in [0.717, 1.165) is 101 Å². The number of methoxy groups -OCH3 is 1. The van der Waals surface area contributed by atoms with Gasteiger partial charge in [-0.1, -0.05) is 97.1 Å². The van der Waals surface area contributed by atoms with Crippen molar-refractivity contribution in [1.29, 1.82) is 0 Å². The average molecular weight is 705 g/mol. The highest BCUT2D eigenvalue weighted by Crippen LogP contribution is 2.35. The summed E-state index contributed by atoms with van der Waals surface area (Å²) in [6, 6.07) is 34.7. The topological polar surface area (TPSA) is 107 Å². The minimum atomic E-state index is -0.0445. The molecule has 0 radical (unpaired) electrons. The second-order valence-corrected chi connectivity index (χ2v) is 14.0. The zero-order valence-corrected chi connectivity index (χ0v) is 30.0. The van der Waals surface area contributed by atoms with Gasteiger partial charge in [-0.3, -0.25) is 9.59 Å². The smallest absolute Gasteiger partial charge is 0.227 e. The Kier molecular flexibility index (Phi) is 9.88. The highest BCUT2D eigenvalue weighted by molar-refractivity contribution is 5.80. The van der Waals surface area contributed by atoms with Crippen LogP contribution in [0.15, 0.2) is 116 Å². The normalized spacial score (nSPS) is 17.0.